The van der Waals surface area contributed by atoms with E-state index in [1.54, 1.807) is 6.92 Å². The lowest BCUT2D eigenvalue weighted by molar-refractivity contribution is -0.135. The predicted molar refractivity (Wildman–Crippen MR) is 63.5 cm³/mol. The van der Waals surface area contributed by atoms with E-state index in [2.05, 4.69) is 9.97 Å². The fourth-order valence-electron chi connectivity index (χ4n) is 1.37. The molecule has 10 heteroatoms. The van der Waals surface area contributed by atoms with Gasteiger partial charge in [-0.25, -0.2) is 13.4 Å². The number of H-pyrrole nitrogens is 1. The second kappa shape index (κ2) is 6.10. The number of aromatic amines is 1. The zero-order valence-corrected chi connectivity index (χ0v) is 11.6. The summed E-state index contributed by atoms with van der Waals surface area (Å²) >= 11 is 5.35. The number of rotatable bonds is 6. The second-order valence-electron chi connectivity index (χ2n) is 3.69. The van der Waals surface area contributed by atoms with E-state index in [0.717, 1.165) is 6.20 Å². The van der Waals surface area contributed by atoms with Crippen molar-refractivity contribution in [1.29, 1.82) is 0 Å². The van der Waals surface area contributed by atoms with Crippen LogP contribution in [0.15, 0.2) is 11.2 Å². The number of hydrogen-bond donors (Lipinski definition) is 1. The molecule has 0 aromatic carbocycles. The van der Waals surface area contributed by atoms with Crippen molar-refractivity contribution < 1.29 is 21.6 Å². The number of aromatic nitrogens is 2. The fraction of sp³-hybridized carbons (Fsp3) is 0.667. The van der Waals surface area contributed by atoms with Crippen LogP contribution in [0.25, 0.3) is 0 Å². The lowest BCUT2D eigenvalue weighted by Gasteiger charge is -2.21. The van der Waals surface area contributed by atoms with Crippen LogP contribution in [-0.2, 0) is 16.4 Å². The van der Waals surface area contributed by atoms with Crippen molar-refractivity contribution in [2.45, 2.75) is 24.5 Å². The van der Waals surface area contributed by atoms with Gasteiger partial charge in [0.1, 0.15) is 12.4 Å². The Morgan fingerprint density at radius 1 is 1.47 bits per heavy atom. The van der Waals surface area contributed by atoms with Crippen molar-refractivity contribution in [3.63, 3.8) is 0 Å². The zero-order valence-electron chi connectivity index (χ0n) is 10.0. The summed E-state index contributed by atoms with van der Waals surface area (Å²) < 4.78 is 61.4. The molecule has 0 radical (unpaired) electrons. The SMILES string of the molecule is CCc1ncc(S(=O)(=O)N(CCCl)CC(F)(F)F)[nH]1. The van der Waals surface area contributed by atoms with Crippen molar-refractivity contribution >= 4 is 21.6 Å². The molecule has 110 valence electrons. The molecule has 1 aromatic rings. The van der Waals surface area contributed by atoms with Crippen LogP contribution in [0.5, 0.6) is 0 Å². The summed E-state index contributed by atoms with van der Waals surface area (Å²) in [5.41, 5.74) is 0. The summed E-state index contributed by atoms with van der Waals surface area (Å²) in [5, 5.41) is -0.362. The van der Waals surface area contributed by atoms with Gasteiger partial charge in [0.2, 0.25) is 0 Å². The highest BCUT2D eigenvalue weighted by atomic mass is 35.5. The standard InChI is InChI=1S/C9H13ClF3N3O2S/c1-2-7-14-5-8(15-7)19(17,18)16(4-3-10)6-9(11,12)13/h5H,2-4,6H2,1H3,(H,14,15). The van der Waals surface area contributed by atoms with Crippen LogP contribution >= 0.6 is 11.6 Å². The maximum absolute atomic E-state index is 12.4. The second-order valence-corrected chi connectivity index (χ2v) is 5.97. The van der Waals surface area contributed by atoms with Gasteiger partial charge >= 0.3 is 6.18 Å². The van der Waals surface area contributed by atoms with Crippen LogP contribution < -0.4 is 0 Å². The highest BCUT2D eigenvalue weighted by Gasteiger charge is 2.37. The monoisotopic (exact) mass is 319 g/mol. The van der Waals surface area contributed by atoms with Crippen LogP contribution in [0, 0.1) is 0 Å². The summed E-state index contributed by atoms with van der Waals surface area (Å²) in [7, 11) is -4.27. The van der Waals surface area contributed by atoms with E-state index >= 15 is 0 Å². The Bertz CT molecular complexity index is 515. The Labute approximate surface area is 113 Å². The molecule has 0 aliphatic carbocycles. The zero-order chi connectivity index (χ0) is 14.7. The Kier molecular flexibility index (Phi) is 5.22. The van der Waals surface area contributed by atoms with Gasteiger partial charge in [0.15, 0.2) is 5.03 Å². The highest BCUT2D eigenvalue weighted by molar-refractivity contribution is 7.89. The van der Waals surface area contributed by atoms with Gasteiger partial charge in [0.25, 0.3) is 10.0 Å². The normalized spacial score (nSPS) is 13.2. The molecular weight excluding hydrogens is 307 g/mol. The Hall–Kier alpha value is -0.800. The molecule has 1 heterocycles. The van der Waals surface area contributed by atoms with E-state index in [1.165, 1.54) is 0 Å². The minimum Gasteiger partial charge on any atom is -0.332 e. The first-order valence-corrected chi connectivity index (χ1v) is 7.35. The molecule has 19 heavy (non-hydrogen) atoms. The lowest BCUT2D eigenvalue weighted by atomic mass is 10.5. The maximum atomic E-state index is 12.4. The van der Waals surface area contributed by atoms with Crippen molar-refractivity contribution in [1.82, 2.24) is 14.3 Å². The molecular formula is C9H13ClF3N3O2S. The third-order valence-corrected chi connectivity index (χ3v) is 4.17. The first-order chi connectivity index (χ1) is 8.70. The molecule has 0 saturated carbocycles. The molecule has 1 aromatic heterocycles. The van der Waals surface area contributed by atoms with E-state index in [0.29, 0.717) is 12.2 Å². The summed E-state index contributed by atoms with van der Waals surface area (Å²) in [6.45, 7) is -0.270. The van der Waals surface area contributed by atoms with Gasteiger partial charge in [-0.15, -0.1) is 11.6 Å². The number of aryl methyl sites for hydroxylation is 1. The molecule has 5 nitrogen and oxygen atoms in total. The number of nitrogens with one attached hydrogen (secondary N) is 1. The van der Waals surface area contributed by atoms with Crippen molar-refractivity contribution in [3.05, 3.63) is 12.0 Å². The van der Waals surface area contributed by atoms with Crippen molar-refractivity contribution in [2.24, 2.45) is 0 Å². The average Bonchev–Trinajstić information content (AvgIpc) is 2.75. The number of hydrogen-bond acceptors (Lipinski definition) is 3. The predicted octanol–water partition coefficient (Wildman–Crippen LogP) is 1.76. The molecule has 0 amide bonds. The Morgan fingerprint density at radius 3 is 2.53 bits per heavy atom. The van der Waals surface area contributed by atoms with E-state index < -0.39 is 29.3 Å². The summed E-state index contributed by atoms with van der Waals surface area (Å²) in [4.78, 5) is 6.24. The largest absolute Gasteiger partial charge is 0.402 e. The van der Waals surface area contributed by atoms with Crippen LogP contribution in [0.1, 0.15) is 12.7 Å². The molecule has 1 rings (SSSR count). The van der Waals surface area contributed by atoms with E-state index in [-0.39, 0.29) is 15.2 Å². The van der Waals surface area contributed by atoms with E-state index in [1.807, 2.05) is 0 Å². The van der Waals surface area contributed by atoms with Gasteiger partial charge in [-0.3, -0.25) is 0 Å². The van der Waals surface area contributed by atoms with Crippen LogP contribution in [-0.4, -0.2) is 47.8 Å². The van der Waals surface area contributed by atoms with Gasteiger partial charge < -0.3 is 4.98 Å². The van der Waals surface area contributed by atoms with Gasteiger partial charge in [0.05, 0.1) is 6.20 Å². The smallest absolute Gasteiger partial charge is 0.332 e. The van der Waals surface area contributed by atoms with Gasteiger partial charge in [0, 0.05) is 18.8 Å². The Balaban J connectivity index is 3.05. The number of alkyl halides is 4. The van der Waals surface area contributed by atoms with Crippen LogP contribution in [0.2, 0.25) is 0 Å². The molecule has 0 atom stereocenters. The third-order valence-electron chi connectivity index (χ3n) is 2.25. The minimum absolute atomic E-state index is 0.232. The molecule has 0 unspecified atom stereocenters. The Morgan fingerprint density at radius 2 is 2.11 bits per heavy atom. The average molecular weight is 320 g/mol. The van der Waals surface area contributed by atoms with Crippen molar-refractivity contribution in [3.8, 4) is 0 Å². The number of sulfonamides is 1. The lowest BCUT2D eigenvalue weighted by Crippen LogP contribution is -2.40. The summed E-state index contributed by atoms with van der Waals surface area (Å²) in [6.07, 6.45) is -3.18. The van der Waals surface area contributed by atoms with E-state index in [9.17, 15) is 21.6 Å². The maximum Gasteiger partial charge on any atom is 0.402 e. The molecule has 1 N–H and O–H groups in total. The first kappa shape index (κ1) is 16.3. The molecule has 0 aliphatic heterocycles. The number of halogens is 4. The highest BCUT2D eigenvalue weighted by Crippen LogP contribution is 2.21. The number of nitrogens with zero attached hydrogens (tertiary/aromatic N) is 2. The molecule has 0 bridgehead atoms. The van der Waals surface area contributed by atoms with Crippen LogP contribution in [0.3, 0.4) is 0 Å². The molecule has 0 fully saturated rings. The van der Waals surface area contributed by atoms with Gasteiger partial charge in [-0.2, -0.15) is 17.5 Å². The summed E-state index contributed by atoms with van der Waals surface area (Å²) in [5.74, 6) is 0.154. The van der Waals surface area contributed by atoms with Crippen LogP contribution in [0.4, 0.5) is 13.2 Å². The third kappa shape index (κ3) is 4.36. The van der Waals surface area contributed by atoms with E-state index in [4.69, 9.17) is 11.6 Å². The first-order valence-electron chi connectivity index (χ1n) is 5.37. The van der Waals surface area contributed by atoms with Gasteiger partial charge in [-0.05, 0) is 0 Å². The molecule has 0 saturated heterocycles. The quantitative estimate of drug-likeness (QED) is 0.813. The fourth-order valence-corrected chi connectivity index (χ4v) is 3.03. The number of imidazole rings is 1. The molecule has 0 spiro atoms. The topological polar surface area (TPSA) is 66.1 Å². The summed E-state index contributed by atoms with van der Waals surface area (Å²) in [6, 6.07) is 0. The van der Waals surface area contributed by atoms with Gasteiger partial charge in [-0.1, -0.05) is 6.92 Å². The van der Waals surface area contributed by atoms with Crippen molar-refractivity contribution in [2.75, 3.05) is 19.0 Å². The minimum atomic E-state index is -4.63. The molecule has 0 aliphatic rings.